The first-order chi connectivity index (χ1) is 15.4. The molecule has 0 saturated heterocycles. The van der Waals surface area contributed by atoms with Gasteiger partial charge in [-0.1, -0.05) is 24.3 Å². The molecule has 0 spiro atoms. The largest absolute Gasteiger partial charge is 0.497 e. The Hall–Kier alpha value is -3.72. The summed E-state index contributed by atoms with van der Waals surface area (Å²) >= 11 is 0. The first-order valence-corrected chi connectivity index (χ1v) is 11.2. The summed E-state index contributed by atoms with van der Waals surface area (Å²) in [6.45, 7) is 0.159. The fraction of sp³-hybridized carbons (Fsp3) is 0.174. The zero-order valence-electron chi connectivity index (χ0n) is 17.8. The number of fused-ring (bicyclic) bond motifs is 1. The lowest BCUT2D eigenvalue weighted by Gasteiger charge is -2.36. The first kappa shape index (κ1) is 21.5. The van der Waals surface area contributed by atoms with E-state index in [1.807, 2.05) is 12.1 Å². The van der Waals surface area contributed by atoms with E-state index in [-0.39, 0.29) is 17.1 Å². The van der Waals surface area contributed by atoms with Crippen LogP contribution < -0.4 is 23.4 Å². The molecule has 0 saturated carbocycles. The predicted molar refractivity (Wildman–Crippen MR) is 120 cm³/mol. The second kappa shape index (κ2) is 8.43. The van der Waals surface area contributed by atoms with Crippen molar-refractivity contribution in [3.63, 3.8) is 0 Å². The molecular weight excluding hydrogens is 432 g/mol. The topological polar surface area (TPSA) is 85.4 Å². The van der Waals surface area contributed by atoms with Crippen LogP contribution in [0.15, 0.2) is 71.6 Å². The fourth-order valence-corrected chi connectivity index (χ4v) is 5.20. The van der Waals surface area contributed by atoms with Crippen molar-refractivity contribution in [3.05, 3.63) is 72.3 Å². The molecule has 1 aliphatic heterocycles. The lowest BCUT2D eigenvalue weighted by atomic mass is 10.2. The predicted octanol–water partition coefficient (Wildman–Crippen LogP) is 4.05. The molecule has 0 aromatic heterocycles. The van der Waals surface area contributed by atoms with Gasteiger partial charge >= 0.3 is 6.03 Å². The third-order valence-electron chi connectivity index (χ3n) is 5.16. The van der Waals surface area contributed by atoms with Gasteiger partial charge in [0.25, 0.3) is 10.0 Å². The molecule has 0 bridgehead atoms. The molecule has 1 heterocycles. The molecule has 2 amide bonds. The van der Waals surface area contributed by atoms with E-state index >= 15 is 0 Å². The number of nitrogens with zero attached hydrogens (tertiary/aromatic N) is 2. The molecule has 3 aromatic rings. The minimum absolute atomic E-state index is 0.0391. The number of benzene rings is 3. The smallest absolute Gasteiger partial charge is 0.343 e. The van der Waals surface area contributed by atoms with Gasteiger partial charge in [0, 0.05) is 6.07 Å². The lowest BCUT2D eigenvalue weighted by molar-refractivity contribution is 0.253. The van der Waals surface area contributed by atoms with Crippen LogP contribution in [0.2, 0.25) is 0 Å². The van der Waals surface area contributed by atoms with E-state index < -0.39 is 16.1 Å². The summed E-state index contributed by atoms with van der Waals surface area (Å²) in [4.78, 5) is 15.1. The molecule has 0 radical (unpaired) electrons. The highest BCUT2D eigenvalue weighted by Gasteiger charge is 2.42. The van der Waals surface area contributed by atoms with Crippen LogP contribution >= 0.6 is 0 Å². The molecule has 4 rings (SSSR count). The Kier molecular flexibility index (Phi) is 5.67. The maximum absolute atomic E-state index is 13.6. The van der Waals surface area contributed by atoms with Crippen LogP contribution in [-0.2, 0) is 16.6 Å². The van der Waals surface area contributed by atoms with E-state index in [9.17, 15) is 13.2 Å². The molecule has 0 aliphatic carbocycles. The van der Waals surface area contributed by atoms with E-state index in [0.717, 1.165) is 9.87 Å². The summed E-state index contributed by atoms with van der Waals surface area (Å²) < 4.78 is 43.5. The van der Waals surface area contributed by atoms with Crippen LogP contribution in [0.25, 0.3) is 0 Å². The molecule has 1 aliphatic rings. The van der Waals surface area contributed by atoms with Gasteiger partial charge < -0.3 is 14.2 Å². The number of urea groups is 1. The summed E-state index contributed by atoms with van der Waals surface area (Å²) in [5, 5.41) is 0. The molecule has 166 valence electrons. The highest BCUT2D eigenvalue weighted by Crippen LogP contribution is 2.40. The van der Waals surface area contributed by atoms with Crippen molar-refractivity contribution in [2.24, 2.45) is 0 Å². The molecule has 0 N–H and O–H groups in total. The highest BCUT2D eigenvalue weighted by molar-refractivity contribution is 7.94. The van der Waals surface area contributed by atoms with Gasteiger partial charge in [-0.3, -0.25) is 4.90 Å². The minimum Gasteiger partial charge on any atom is -0.497 e. The maximum Gasteiger partial charge on any atom is 0.343 e. The molecule has 8 nitrogen and oxygen atoms in total. The second-order valence-electron chi connectivity index (χ2n) is 7.00. The summed E-state index contributed by atoms with van der Waals surface area (Å²) in [7, 11) is 0.336. The van der Waals surface area contributed by atoms with Gasteiger partial charge in [-0.25, -0.2) is 13.2 Å². The molecule has 9 heteroatoms. The van der Waals surface area contributed by atoms with Crippen molar-refractivity contribution < 1.29 is 27.4 Å². The van der Waals surface area contributed by atoms with Crippen molar-refractivity contribution in [2.45, 2.75) is 11.4 Å². The van der Waals surface area contributed by atoms with Crippen molar-refractivity contribution in [1.29, 1.82) is 0 Å². The quantitative estimate of drug-likeness (QED) is 0.559. The number of hydrogen-bond donors (Lipinski definition) is 0. The number of carbonyl (C=O) groups is 1. The molecule has 0 unspecified atom stereocenters. The Bertz CT molecular complexity index is 1270. The van der Waals surface area contributed by atoms with E-state index in [4.69, 9.17) is 14.2 Å². The van der Waals surface area contributed by atoms with Crippen molar-refractivity contribution in [2.75, 3.05) is 30.5 Å². The van der Waals surface area contributed by atoms with Crippen LogP contribution in [0.4, 0.5) is 16.2 Å². The van der Waals surface area contributed by atoms with Crippen molar-refractivity contribution >= 4 is 27.4 Å². The van der Waals surface area contributed by atoms with Crippen molar-refractivity contribution in [1.82, 2.24) is 0 Å². The Morgan fingerprint density at radius 3 is 2.28 bits per heavy atom. The van der Waals surface area contributed by atoms with Gasteiger partial charge in [-0.05, 0) is 42.0 Å². The van der Waals surface area contributed by atoms with E-state index in [2.05, 4.69) is 0 Å². The number of para-hydroxylation sites is 1. The summed E-state index contributed by atoms with van der Waals surface area (Å²) in [5.74, 6) is 1.38. The first-order valence-electron chi connectivity index (χ1n) is 9.71. The van der Waals surface area contributed by atoms with Crippen LogP contribution in [0.1, 0.15) is 5.56 Å². The Morgan fingerprint density at radius 2 is 1.56 bits per heavy atom. The average Bonchev–Trinajstić information content (AvgIpc) is 2.81. The number of rotatable bonds is 6. The number of sulfonamides is 1. The number of ether oxygens (including phenoxy) is 3. The van der Waals surface area contributed by atoms with Gasteiger partial charge in [0.1, 0.15) is 10.6 Å². The Labute approximate surface area is 186 Å². The van der Waals surface area contributed by atoms with Crippen LogP contribution in [0.5, 0.6) is 17.2 Å². The SMILES string of the molecule is COc1cccc(CN2C(=O)N(c3ccc(OC)c(OC)c3)S(=O)(=O)c3ccccc32)c1. The van der Waals surface area contributed by atoms with Gasteiger partial charge in [-0.15, -0.1) is 0 Å². The number of anilines is 2. The number of amides is 2. The van der Waals surface area contributed by atoms with Crippen LogP contribution in [0, 0.1) is 0 Å². The van der Waals surface area contributed by atoms with Gasteiger partial charge in [0.2, 0.25) is 0 Å². The second-order valence-corrected chi connectivity index (χ2v) is 8.75. The van der Waals surface area contributed by atoms with Gasteiger partial charge in [-0.2, -0.15) is 4.31 Å². The highest BCUT2D eigenvalue weighted by atomic mass is 32.2. The van der Waals surface area contributed by atoms with Crippen LogP contribution in [-0.4, -0.2) is 35.8 Å². The molecular formula is C23H22N2O6S. The standard InChI is InChI=1S/C23H22N2O6S/c1-29-18-8-6-7-16(13-18)15-24-19-9-4-5-10-22(19)32(27,28)25(23(24)26)17-11-12-20(30-2)21(14-17)31-3/h4-14H,15H2,1-3H3. The number of hydrogen-bond acceptors (Lipinski definition) is 6. The zero-order valence-corrected chi connectivity index (χ0v) is 18.6. The number of carbonyl (C=O) groups excluding carboxylic acids is 1. The average molecular weight is 455 g/mol. The zero-order chi connectivity index (χ0) is 22.9. The third-order valence-corrected chi connectivity index (χ3v) is 6.90. The summed E-state index contributed by atoms with van der Waals surface area (Å²) in [5.41, 5.74) is 1.26. The van der Waals surface area contributed by atoms with Gasteiger partial charge in [0.05, 0.1) is 39.2 Å². The van der Waals surface area contributed by atoms with E-state index in [0.29, 0.717) is 22.9 Å². The summed E-state index contributed by atoms with van der Waals surface area (Å²) in [6.07, 6.45) is 0. The number of methoxy groups -OCH3 is 3. The van der Waals surface area contributed by atoms with Gasteiger partial charge in [0.15, 0.2) is 11.5 Å². The Morgan fingerprint density at radius 1 is 0.812 bits per heavy atom. The minimum atomic E-state index is -4.15. The third kappa shape index (κ3) is 3.60. The van der Waals surface area contributed by atoms with E-state index in [1.54, 1.807) is 43.5 Å². The molecule has 0 atom stereocenters. The normalized spacial score (nSPS) is 14.7. The maximum atomic E-state index is 13.6. The molecule has 32 heavy (non-hydrogen) atoms. The lowest BCUT2D eigenvalue weighted by Crippen LogP contribution is -2.50. The molecule has 0 fully saturated rings. The molecule has 3 aromatic carbocycles. The van der Waals surface area contributed by atoms with E-state index in [1.165, 1.54) is 37.3 Å². The Balaban J connectivity index is 1.85. The van der Waals surface area contributed by atoms with Crippen molar-refractivity contribution in [3.8, 4) is 17.2 Å². The van der Waals surface area contributed by atoms with Crippen LogP contribution in [0.3, 0.4) is 0 Å². The monoisotopic (exact) mass is 454 g/mol. The summed E-state index contributed by atoms with van der Waals surface area (Å²) in [6, 6.07) is 17.5. The fourth-order valence-electron chi connectivity index (χ4n) is 3.62.